The van der Waals surface area contributed by atoms with Crippen LogP contribution in [-0.4, -0.2) is 11.9 Å². The van der Waals surface area contributed by atoms with Crippen molar-refractivity contribution in [2.45, 2.75) is 45.1 Å². The van der Waals surface area contributed by atoms with Crippen LogP contribution in [-0.2, 0) is 0 Å². The number of nitrogen functional groups attached to an aromatic ring is 1. The smallest absolute Gasteiger partial charge is 0.253 e. The van der Waals surface area contributed by atoms with Crippen molar-refractivity contribution < 1.29 is 9.18 Å². The van der Waals surface area contributed by atoms with Crippen LogP contribution in [0, 0.1) is 11.7 Å². The molecular formula is C15H21FN2O. The van der Waals surface area contributed by atoms with E-state index in [4.69, 9.17) is 5.73 Å². The summed E-state index contributed by atoms with van der Waals surface area (Å²) in [6.07, 6.45) is 5.65. The van der Waals surface area contributed by atoms with Crippen molar-refractivity contribution >= 4 is 11.6 Å². The number of carbonyl (C=O) groups is 1. The molecule has 4 heteroatoms. The van der Waals surface area contributed by atoms with E-state index in [1.165, 1.54) is 31.0 Å². The highest BCUT2D eigenvalue weighted by Gasteiger charge is 2.25. The summed E-state index contributed by atoms with van der Waals surface area (Å²) in [5.74, 6) is -0.0691. The molecule has 3 nitrogen and oxygen atoms in total. The molecule has 1 saturated carbocycles. The average Bonchev–Trinajstić information content (AvgIpc) is 2.39. The zero-order valence-electron chi connectivity index (χ0n) is 11.3. The van der Waals surface area contributed by atoms with Crippen LogP contribution in [0.3, 0.4) is 0 Å². The molecule has 1 fully saturated rings. The lowest BCUT2D eigenvalue weighted by molar-refractivity contribution is 0.0905. The first-order chi connectivity index (χ1) is 9.11. The van der Waals surface area contributed by atoms with Gasteiger partial charge in [-0.3, -0.25) is 4.79 Å². The van der Waals surface area contributed by atoms with Crippen molar-refractivity contribution in [2.24, 2.45) is 5.92 Å². The summed E-state index contributed by atoms with van der Waals surface area (Å²) in [5.41, 5.74) is 6.25. The second-order valence-electron chi connectivity index (χ2n) is 5.26. The van der Waals surface area contributed by atoms with Crippen LogP contribution >= 0.6 is 0 Å². The minimum absolute atomic E-state index is 0.192. The standard InChI is InChI=1S/C15H21FN2O/c1-2-10-5-3-4-6-14(10)18-15(19)12-8-7-11(16)9-13(12)17/h7-10,14H,2-6,17H2,1H3,(H,18,19). The van der Waals surface area contributed by atoms with Crippen molar-refractivity contribution in [1.82, 2.24) is 5.32 Å². The zero-order valence-corrected chi connectivity index (χ0v) is 11.3. The van der Waals surface area contributed by atoms with Gasteiger partial charge in [-0.15, -0.1) is 0 Å². The minimum atomic E-state index is -0.418. The molecule has 3 N–H and O–H groups in total. The fraction of sp³-hybridized carbons (Fsp3) is 0.533. The van der Waals surface area contributed by atoms with Crippen molar-refractivity contribution in [3.8, 4) is 0 Å². The summed E-state index contributed by atoms with van der Waals surface area (Å²) in [6, 6.07) is 4.12. The van der Waals surface area contributed by atoms with E-state index in [-0.39, 0.29) is 17.6 Å². The summed E-state index contributed by atoms with van der Waals surface area (Å²) in [7, 11) is 0. The van der Waals surface area contributed by atoms with Crippen molar-refractivity contribution in [3.05, 3.63) is 29.6 Å². The molecule has 1 aromatic carbocycles. The molecule has 0 spiro atoms. The predicted octanol–water partition coefficient (Wildman–Crippen LogP) is 3.11. The van der Waals surface area contributed by atoms with E-state index in [2.05, 4.69) is 12.2 Å². The SMILES string of the molecule is CCC1CCCCC1NC(=O)c1ccc(F)cc1N. The number of carbonyl (C=O) groups excluding carboxylic acids is 1. The number of amides is 1. The summed E-state index contributed by atoms with van der Waals surface area (Å²) in [4.78, 5) is 12.2. The zero-order chi connectivity index (χ0) is 13.8. The van der Waals surface area contributed by atoms with E-state index in [9.17, 15) is 9.18 Å². The molecule has 0 aliphatic heterocycles. The van der Waals surface area contributed by atoms with Crippen LogP contribution in [0.5, 0.6) is 0 Å². The van der Waals surface area contributed by atoms with Gasteiger partial charge in [0.25, 0.3) is 5.91 Å². The van der Waals surface area contributed by atoms with Crippen molar-refractivity contribution in [2.75, 3.05) is 5.73 Å². The topological polar surface area (TPSA) is 55.1 Å². The molecule has 2 unspecified atom stereocenters. The number of benzene rings is 1. The fourth-order valence-corrected chi connectivity index (χ4v) is 2.87. The highest BCUT2D eigenvalue weighted by atomic mass is 19.1. The Morgan fingerprint density at radius 3 is 2.84 bits per heavy atom. The second kappa shape index (κ2) is 6.04. The summed E-state index contributed by atoms with van der Waals surface area (Å²) < 4.78 is 13.0. The fourth-order valence-electron chi connectivity index (χ4n) is 2.87. The number of hydrogen-bond acceptors (Lipinski definition) is 2. The van der Waals surface area contributed by atoms with E-state index in [1.807, 2.05) is 0 Å². The number of halogens is 1. The molecule has 19 heavy (non-hydrogen) atoms. The maximum absolute atomic E-state index is 13.0. The minimum Gasteiger partial charge on any atom is -0.398 e. The van der Waals surface area contributed by atoms with Gasteiger partial charge in [-0.05, 0) is 37.0 Å². The Hall–Kier alpha value is -1.58. The summed E-state index contributed by atoms with van der Waals surface area (Å²) in [5, 5.41) is 3.06. The predicted molar refractivity (Wildman–Crippen MR) is 74.3 cm³/mol. The normalized spacial score (nSPS) is 23.1. The molecular weight excluding hydrogens is 243 g/mol. The van der Waals surface area contributed by atoms with Crippen LogP contribution in [0.4, 0.5) is 10.1 Å². The number of rotatable bonds is 3. The number of hydrogen-bond donors (Lipinski definition) is 2. The first-order valence-corrected chi connectivity index (χ1v) is 6.97. The lowest BCUT2D eigenvalue weighted by Gasteiger charge is -2.31. The van der Waals surface area contributed by atoms with E-state index in [1.54, 1.807) is 0 Å². The third kappa shape index (κ3) is 3.25. The van der Waals surface area contributed by atoms with Gasteiger partial charge < -0.3 is 11.1 Å². The third-order valence-electron chi connectivity index (χ3n) is 4.01. The maximum atomic E-state index is 13.0. The molecule has 2 atom stereocenters. The van der Waals surface area contributed by atoms with Gasteiger partial charge in [0, 0.05) is 11.7 Å². The molecule has 0 aromatic heterocycles. The molecule has 1 aromatic rings. The monoisotopic (exact) mass is 264 g/mol. The first kappa shape index (κ1) is 13.8. The molecule has 0 bridgehead atoms. The molecule has 0 saturated heterocycles. The maximum Gasteiger partial charge on any atom is 0.253 e. The Balaban J connectivity index is 2.07. The molecule has 1 aliphatic carbocycles. The molecule has 2 rings (SSSR count). The molecule has 0 heterocycles. The van der Waals surface area contributed by atoms with Crippen molar-refractivity contribution in [1.29, 1.82) is 0 Å². The summed E-state index contributed by atoms with van der Waals surface area (Å²) in [6.45, 7) is 2.15. The van der Waals surface area contributed by atoms with Crippen LogP contribution in [0.1, 0.15) is 49.4 Å². The third-order valence-corrected chi connectivity index (χ3v) is 4.01. The van der Waals surface area contributed by atoms with Crippen LogP contribution < -0.4 is 11.1 Å². The van der Waals surface area contributed by atoms with Gasteiger partial charge in [0.15, 0.2) is 0 Å². The molecule has 104 valence electrons. The first-order valence-electron chi connectivity index (χ1n) is 6.97. The highest BCUT2D eigenvalue weighted by molar-refractivity contribution is 5.99. The van der Waals surface area contributed by atoms with Gasteiger partial charge >= 0.3 is 0 Å². The van der Waals surface area contributed by atoms with E-state index in [0.717, 1.165) is 19.3 Å². The Morgan fingerprint density at radius 1 is 1.42 bits per heavy atom. The largest absolute Gasteiger partial charge is 0.398 e. The Kier molecular flexibility index (Phi) is 4.40. The van der Waals surface area contributed by atoms with E-state index < -0.39 is 5.82 Å². The van der Waals surface area contributed by atoms with Gasteiger partial charge in [0.05, 0.1) is 5.56 Å². The lowest BCUT2D eigenvalue weighted by Crippen LogP contribution is -2.42. The molecule has 1 amide bonds. The van der Waals surface area contributed by atoms with Gasteiger partial charge in [-0.25, -0.2) is 4.39 Å². The van der Waals surface area contributed by atoms with Crippen molar-refractivity contribution in [3.63, 3.8) is 0 Å². The lowest BCUT2D eigenvalue weighted by atomic mass is 9.83. The summed E-state index contributed by atoms with van der Waals surface area (Å²) >= 11 is 0. The Morgan fingerprint density at radius 2 is 2.16 bits per heavy atom. The Labute approximate surface area is 113 Å². The van der Waals surface area contributed by atoms with Gasteiger partial charge in [0.2, 0.25) is 0 Å². The van der Waals surface area contributed by atoms with Gasteiger partial charge in [-0.2, -0.15) is 0 Å². The number of nitrogens with two attached hydrogens (primary N) is 1. The van der Waals surface area contributed by atoms with Crippen LogP contribution in [0.15, 0.2) is 18.2 Å². The second-order valence-corrected chi connectivity index (χ2v) is 5.26. The molecule has 0 radical (unpaired) electrons. The van der Waals surface area contributed by atoms with Gasteiger partial charge in [-0.1, -0.05) is 26.2 Å². The Bertz CT molecular complexity index is 461. The van der Waals surface area contributed by atoms with Crippen LogP contribution in [0.2, 0.25) is 0 Å². The quantitative estimate of drug-likeness (QED) is 0.824. The van der Waals surface area contributed by atoms with E-state index in [0.29, 0.717) is 11.5 Å². The number of anilines is 1. The molecule has 1 aliphatic rings. The van der Waals surface area contributed by atoms with Gasteiger partial charge in [0.1, 0.15) is 5.82 Å². The highest BCUT2D eigenvalue weighted by Crippen LogP contribution is 2.27. The number of nitrogens with one attached hydrogen (secondary N) is 1. The average molecular weight is 264 g/mol. The van der Waals surface area contributed by atoms with E-state index >= 15 is 0 Å². The van der Waals surface area contributed by atoms with Crippen LogP contribution in [0.25, 0.3) is 0 Å².